The molecule has 0 unspecified atom stereocenters. The van der Waals surface area contributed by atoms with Crippen molar-refractivity contribution in [2.75, 3.05) is 5.75 Å². The second kappa shape index (κ2) is 8.80. The van der Waals surface area contributed by atoms with Gasteiger partial charge in [-0.25, -0.2) is 17.2 Å². The van der Waals surface area contributed by atoms with Crippen LogP contribution in [0.3, 0.4) is 0 Å². The van der Waals surface area contributed by atoms with Gasteiger partial charge in [-0.3, -0.25) is 0 Å². The number of hydrogen-bond donors (Lipinski definition) is 1. The van der Waals surface area contributed by atoms with Crippen LogP contribution in [0.2, 0.25) is 0 Å². The van der Waals surface area contributed by atoms with E-state index >= 15 is 0 Å². The lowest BCUT2D eigenvalue weighted by Crippen LogP contribution is -2.32. The zero-order valence-electron chi connectivity index (χ0n) is 14.5. The van der Waals surface area contributed by atoms with Crippen molar-refractivity contribution in [2.24, 2.45) is 0 Å². The molecule has 0 atom stereocenters. The van der Waals surface area contributed by atoms with Crippen LogP contribution in [0.15, 0.2) is 36.4 Å². The average molecular weight is 435 g/mol. The van der Waals surface area contributed by atoms with E-state index < -0.39 is 37.4 Å². The average Bonchev–Trinajstić information content (AvgIpc) is 2.65. The van der Waals surface area contributed by atoms with E-state index in [9.17, 15) is 25.6 Å². The van der Waals surface area contributed by atoms with Gasteiger partial charge in [-0.05, 0) is 48.2 Å². The molecule has 0 fully saturated rings. The Morgan fingerprint density at radius 2 is 1.48 bits per heavy atom. The molecule has 0 saturated carbocycles. The maximum Gasteiger partial charge on any atom is 0.293 e. The number of nitrogens with one attached hydrogen (secondary N) is 1. The molecule has 0 aliphatic rings. The summed E-state index contributed by atoms with van der Waals surface area (Å²) < 4.78 is 76.6. The van der Waals surface area contributed by atoms with Crippen molar-refractivity contribution in [3.63, 3.8) is 0 Å². The summed E-state index contributed by atoms with van der Waals surface area (Å²) in [4.78, 5) is 0. The van der Waals surface area contributed by atoms with Crippen molar-refractivity contribution in [3.05, 3.63) is 70.3 Å². The lowest BCUT2D eigenvalue weighted by atomic mass is 10.1. The smallest absolute Gasteiger partial charge is 0.211 e. The van der Waals surface area contributed by atoms with Gasteiger partial charge in [0.15, 0.2) is 0 Å². The molecule has 0 aliphatic heterocycles. The number of nitrogens with zero attached hydrogens (tertiary/aromatic N) is 2. The third kappa shape index (κ3) is 6.37. The summed E-state index contributed by atoms with van der Waals surface area (Å²) in [6, 6.07) is 10.0. The van der Waals surface area contributed by atoms with E-state index in [1.807, 2.05) is 5.92 Å². The topological polar surface area (TPSA) is 128 Å². The van der Waals surface area contributed by atoms with E-state index in [1.54, 1.807) is 17.4 Å². The highest BCUT2D eigenvalue weighted by Gasteiger charge is 2.19. The van der Waals surface area contributed by atoms with E-state index in [2.05, 4.69) is 0 Å². The number of aryl methyl sites for hydroxylation is 1. The summed E-state index contributed by atoms with van der Waals surface area (Å²) in [5.41, 5.74) is -0.296. The minimum Gasteiger partial charge on any atom is -0.211 e. The van der Waals surface area contributed by atoms with E-state index in [0.29, 0.717) is 0 Å². The predicted molar refractivity (Wildman–Crippen MR) is 98.7 cm³/mol. The maximum atomic E-state index is 13.8. The van der Waals surface area contributed by atoms with Gasteiger partial charge >= 0.3 is 0 Å². The number of hydrogen-bond acceptors (Lipinski definition) is 6. The first-order valence-electron chi connectivity index (χ1n) is 7.72. The monoisotopic (exact) mass is 435 g/mol. The minimum atomic E-state index is -4.66. The third-order valence-corrected chi connectivity index (χ3v) is 6.48. The summed E-state index contributed by atoms with van der Waals surface area (Å²) in [5, 5.41) is 19.0. The van der Waals surface area contributed by atoms with E-state index in [1.165, 1.54) is 22.3 Å². The number of nitriles is 2. The van der Waals surface area contributed by atoms with Crippen molar-refractivity contribution in [1.82, 2.24) is 4.13 Å². The van der Waals surface area contributed by atoms with Gasteiger partial charge in [0.05, 0.1) is 39.8 Å². The van der Waals surface area contributed by atoms with Gasteiger partial charge in [0.1, 0.15) is 11.6 Å². The molecule has 0 aliphatic carbocycles. The molecule has 2 aromatic carbocycles. The Kier molecular flexibility index (Phi) is 6.68. The van der Waals surface area contributed by atoms with Gasteiger partial charge < -0.3 is 0 Å². The van der Waals surface area contributed by atoms with Gasteiger partial charge in [-0.2, -0.15) is 18.9 Å². The van der Waals surface area contributed by atoms with Gasteiger partial charge in [0.25, 0.3) is 10.0 Å². The van der Waals surface area contributed by atoms with Crippen LogP contribution in [0.25, 0.3) is 0 Å². The summed E-state index contributed by atoms with van der Waals surface area (Å²) in [6.07, 6.45) is -0.347. The molecule has 2 rings (SSSR count). The molecule has 2 aromatic rings. The normalized spacial score (nSPS) is 11.0. The van der Waals surface area contributed by atoms with Gasteiger partial charge in [-0.15, -0.1) is 0 Å². The zero-order chi connectivity index (χ0) is 21.7. The predicted octanol–water partition coefficient (Wildman–Crippen LogP) is 1.51. The Morgan fingerprint density at radius 1 is 0.897 bits per heavy atom. The Labute approximate surface area is 166 Å². The molecule has 1 N–H and O–H groups in total. The van der Waals surface area contributed by atoms with Gasteiger partial charge in [0, 0.05) is 0 Å². The van der Waals surface area contributed by atoms with E-state index in [4.69, 9.17) is 10.5 Å². The number of benzene rings is 2. The molecule has 29 heavy (non-hydrogen) atoms. The molecular formula is C18H11F2N3O4S2. The Bertz CT molecular complexity index is 1310. The fourth-order valence-electron chi connectivity index (χ4n) is 2.10. The summed E-state index contributed by atoms with van der Waals surface area (Å²) in [5.74, 6) is -0.512. The number of sulfonamides is 2. The van der Waals surface area contributed by atoms with E-state index in [0.717, 1.165) is 18.2 Å². The lowest BCUT2D eigenvalue weighted by Gasteiger charge is -2.05. The van der Waals surface area contributed by atoms with Crippen molar-refractivity contribution in [3.8, 4) is 23.3 Å². The summed E-state index contributed by atoms with van der Waals surface area (Å²) in [7, 11) is -9.07. The van der Waals surface area contributed by atoms with Crippen LogP contribution in [-0.4, -0.2) is 22.6 Å². The van der Waals surface area contributed by atoms with Crippen LogP contribution in [0, 0.1) is 45.5 Å². The van der Waals surface area contributed by atoms with Gasteiger partial charge in [-0.1, -0.05) is 10.2 Å². The standard InChI is InChI=1S/C18H11F2N3O4S2/c19-17-9-13(11-21)1-3-15(17)5-7-28(24,25)23-29(26,27)8-6-16-4-2-14(12-22)10-18(16)20/h1-4,9-10,23H,5,7H2. The van der Waals surface area contributed by atoms with Crippen molar-refractivity contribution in [1.29, 1.82) is 10.5 Å². The molecule has 0 saturated heterocycles. The molecule has 0 bridgehead atoms. The summed E-state index contributed by atoms with van der Waals surface area (Å²) >= 11 is 0. The van der Waals surface area contributed by atoms with Crippen LogP contribution in [-0.2, 0) is 26.5 Å². The Hall–Kier alpha value is -3.30. The first-order chi connectivity index (χ1) is 13.5. The molecule has 7 nitrogen and oxygen atoms in total. The summed E-state index contributed by atoms with van der Waals surface area (Å²) in [6.45, 7) is 0. The minimum absolute atomic E-state index is 0.00615. The second-order valence-corrected chi connectivity index (χ2v) is 9.12. The van der Waals surface area contributed by atoms with Crippen LogP contribution in [0.4, 0.5) is 8.78 Å². The van der Waals surface area contributed by atoms with E-state index in [-0.39, 0.29) is 28.7 Å². The highest BCUT2D eigenvalue weighted by Crippen LogP contribution is 2.12. The fraction of sp³-hybridized carbons (Fsp3) is 0.111. The Balaban J connectivity index is 2.12. The first-order valence-corrected chi connectivity index (χ1v) is 10.9. The lowest BCUT2D eigenvalue weighted by molar-refractivity contribution is 0.580. The zero-order valence-corrected chi connectivity index (χ0v) is 16.1. The highest BCUT2D eigenvalue weighted by atomic mass is 32.3. The molecule has 0 amide bonds. The number of halogens is 2. The fourth-order valence-corrected chi connectivity index (χ4v) is 4.67. The Morgan fingerprint density at radius 3 is 2.03 bits per heavy atom. The first kappa shape index (κ1) is 22.0. The molecule has 0 radical (unpaired) electrons. The third-order valence-electron chi connectivity index (χ3n) is 3.48. The van der Waals surface area contributed by atoms with Crippen molar-refractivity contribution >= 4 is 20.0 Å². The second-order valence-electron chi connectivity index (χ2n) is 5.61. The highest BCUT2D eigenvalue weighted by molar-refractivity contribution is 8.07. The number of rotatable bonds is 5. The van der Waals surface area contributed by atoms with Crippen LogP contribution in [0.1, 0.15) is 22.3 Å². The SMILES string of the molecule is N#Cc1ccc(C#CS(=O)(=O)NS(=O)(=O)CCc2ccc(C#N)cc2F)c(F)c1. The largest absolute Gasteiger partial charge is 0.293 e. The van der Waals surface area contributed by atoms with Crippen LogP contribution in [0.5, 0.6) is 0 Å². The molecule has 0 heterocycles. The maximum absolute atomic E-state index is 13.8. The molecule has 0 spiro atoms. The van der Waals surface area contributed by atoms with Gasteiger partial charge in [0.2, 0.25) is 10.0 Å². The molecule has 0 aromatic heterocycles. The van der Waals surface area contributed by atoms with Crippen molar-refractivity contribution < 1.29 is 25.6 Å². The van der Waals surface area contributed by atoms with Crippen LogP contribution >= 0.6 is 0 Å². The van der Waals surface area contributed by atoms with Crippen LogP contribution < -0.4 is 4.13 Å². The molecule has 11 heteroatoms. The molecular weight excluding hydrogens is 424 g/mol. The van der Waals surface area contributed by atoms with Crippen molar-refractivity contribution in [2.45, 2.75) is 6.42 Å². The quantitative estimate of drug-likeness (QED) is 0.709. The molecule has 148 valence electrons.